The fourth-order valence-electron chi connectivity index (χ4n) is 3.25. The van der Waals surface area contributed by atoms with Gasteiger partial charge in [-0.1, -0.05) is 37.6 Å². The van der Waals surface area contributed by atoms with Crippen LogP contribution in [0.4, 0.5) is 5.69 Å². The number of hydrogen-bond acceptors (Lipinski definition) is 3. The second-order valence-electron chi connectivity index (χ2n) is 7.12. The van der Waals surface area contributed by atoms with Crippen LogP contribution in [0.3, 0.4) is 0 Å². The molecule has 2 aromatic rings. The van der Waals surface area contributed by atoms with Gasteiger partial charge in [0.05, 0.1) is 11.1 Å². The summed E-state index contributed by atoms with van der Waals surface area (Å²) in [5.74, 6) is -1.12. The number of rotatable bonds is 5. The van der Waals surface area contributed by atoms with Crippen molar-refractivity contribution >= 4 is 35.0 Å². The molecule has 1 aliphatic heterocycles. The van der Waals surface area contributed by atoms with E-state index in [4.69, 9.17) is 11.6 Å². The third kappa shape index (κ3) is 3.74. The Balaban J connectivity index is 1.91. The lowest BCUT2D eigenvalue weighted by atomic mass is 10.0. The number of amides is 3. The highest BCUT2D eigenvalue weighted by molar-refractivity contribution is 6.30. The van der Waals surface area contributed by atoms with E-state index < -0.39 is 17.9 Å². The summed E-state index contributed by atoms with van der Waals surface area (Å²) < 4.78 is 0. The summed E-state index contributed by atoms with van der Waals surface area (Å²) in [6, 6.07) is 10.9. The molecule has 1 N–H and O–H groups in total. The Hall–Kier alpha value is -2.66. The molecule has 27 heavy (non-hydrogen) atoms. The van der Waals surface area contributed by atoms with Crippen molar-refractivity contribution in [2.45, 2.75) is 33.2 Å². The smallest absolute Gasteiger partial charge is 0.262 e. The molecule has 0 bridgehead atoms. The van der Waals surface area contributed by atoms with Crippen LogP contribution in [-0.4, -0.2) is 28.7 Å². The van der Waals surface area contributed by atoms with Crippen LogP contribution in [0, 0.1) is 12.8 Å². The van der Waals surface area contributed by atoms with Crippen molar-refractivity contribution < 1.29 is 14.4 Å². The maximum atomic E-state index is 13.0. The van der Waals surface area contributed by atoms with E-state index in [0.29, 0.717) is 28.3 Å². The number of imide groups is 1. The number of carbonyl (C=O) groups excluding carboxylic acids is 3. The van der Waals surface area contributed by atoms with E-state index in [1.807, 2.05) is 20.8 Å². The number of fused-ring (bicyclic) bond motifs is 1. The van der Waals surface area contributed by atoms with Gasteiger partial charge in [0, 0.05) is 10.7 Å². The summed E-state index contributed by atoms with van der Waals surface area (Å²) in [6.07, 6.45) is 0.379. The Kier molecular flexibility index (Phi) is 5.33. The van der Waals surface area contributed by atoms with Crippen molar-refractivity contribution in [1.29, 1.82) is 0 Å². The third-order valence-electron chi connectivity index (χ3n) is 4.58. The molecule has 2 aromatic carbocycles. The number of anilines is 1. The summed E-state index contributed by atoms with van der Waals surface area (Å²) >= 11 is 5.97. The van der Waals surface area contributed by atoms with Crippen LogP contribution in [0.15, 0.2) is 42.5 Å². The molecular weight excluding hydrogens is 364 g/mol. The molecule has 0 fully saturated rings. The monoisotopic (exact) mass is 384 g/mol. The number of halogens is 1. The van der Waals surface area contributed by atoms with E-state index in [2.05, 4.69) is 5.32 Å². The van der Waals surface area contributed by atoms with Gasteiger partial charge in [-0.2, -0.15) is 0 Å². The Morgan fingerprint density at radius 1 is 1.07 bits per heavy atom. The minimum absolute atomic E-state index is 0.122. The summed E-state index contributed by atoms with van der Waals surface area (Å²) in [6.45, 7) is 5.74. The first kappa shape index (κ1) is 19.1. The molecule has 5 nitrogen and oxygen atoms in total. The molecule has 3 rings (SSSR count). The Bertz CT molecular complexity index is 888. The predicted octanol–water partition coefficient (Wildman–Crippen LogP) is 4.30. The second-order valence-corrected chi connectivity index (χ2v) is 7.56. The van der Waals surface area contributed by atoms with E-state index in [1.165, 1.54) is 0 Å². The topological polar surface area (TPSA) is 66.5 Å². The van der Waals surface area contributed by atoms with Gasteiger partial charge in [0.2, 0.25) is 5.91 Å². The van der Waals surface area contributed by atoms with Crippen molar-refractivity contribution in [1.82, 2.24) is 4.90 Å². The normalized spacial score (nSPS) is 14.5. The Labute approximate surface area is 163 Å². The predicted molar refractivity (Wildman–Crippen MR) is 105 cm³/mol. The third-order valence-corrected chi connectivity index (χ3v) is 4.82. The van der Waals surface area contributed by atoms with Crippen LogP contribution >= 0.6 is 11.6 Å². The van der Waals surface area contributed by atoms with Gasteiger partial charge < -0.3 is 5.32 Å². The maximum Gasteiger partial charge on any atom is 0.262 e. The zero-order chi connectivity index (χ0) is 19.7. The van der Waals surface area contributed by atoms with Crippen LogP contribution in [0.2, 0.25) is 5.02 Å². The van der Waals surface area contributed by atoms with E-state index in [1.54, 1.807) is 42.5 Å². The van der Waals surface area contributed by atoms with Crippen LogP contribution in [0.5, 0.6) is 0 Å². The van der Waals surface area contributed by atoms with E-state index in [9.17, 15) is 14.4 Å². The molecule has 6 heteroatoms. The molecular formula is C21H21ClN2O3. The minimum atomic E-state index is -0.882. The van der Waals surface area contributed by atoms with Crippen LogP contribution < -0.4 is 5.32 Å². The fraction of sp³-hybridized carbons (Fsp3) is 0.286. The molecule has 0 aromatic heterocycles. The van der Waals surface area contributed by atoms with Gasteiger partial charge in [0.15, 0.2) is 0 Å². The van der Waals surface area contributed by atoms with Crippen LogP contribution in [0.1, 0.15) is 46.5 Å². The summed E-state index contributed by atoms with van der Waals surface area (Å²) in [4.78, 5) is 39.7. The number of nitrogens with zero attached hydrogens (tertiary/aromatic N) is 1. The molecule has 0 aliphatic carbocycles. The van der Waals surface area contributed by atoms with Gasteiger partial charge in [-0.25, -0.2) is 0 Å². The van der Waals surface area contributed by atoms with Crippen LogP contribution in [-0.2, 0) is 4.79 Å². The maximum absolute atomic E-state index is 13.0. The molecule has 3 amide bonds. The molecule has 0 saturated carbocycles. The van der Waals surface area contributed by atoms with E-state index in [0.717, 1.165) is 10.5 Å². The van der Waals surface area contributed by atoms with Crippen molar-refractivity contribution in [3.05, 3.63) is 64.2 Å². The highest BCUT2D eigenvalue weighted by Crippen LogP contribution is 2.28. The number of hydrogen-bond donors (Lipinski definition) is 1. The van der Waals surface area contributed by atoms with Gasteiger partial charge in [-0.05, 0) is 55.2 Å². The van der Waals surface area contributed by atoms with Gasteiger partial charge in [0.25, 0.3) is 11.8 Å². The lowest BCUT2D eigenvalue weighted by Gasteiger charge is -2.27. The van der Waals surface area contributed by atoms with Crippen molar-refractivity contribution in [2.24, 2.45) is 5.92 Å². The minimum Gasteiger partial charge on any atom is -0.324 e. The molecule has 0 radical (unpaired) electrons. The summed E-state index contributed by atoms with van der Waals surface area (Å²) in [7, 11) is 0. The standard InChI is InChI=1S/C21H21ClN2O3/c1-12(2)10-18(19(25)23-17-9-8-14(22)11-13(17)3)24-20(26)15-6-4-5-7-16(15)21(24)27/h4-9,11-12,18H,10H2,1-3H3,(H,23,25)/t18-/m0/s1. The van der Waals surface area contributed by atoms with Gasteiger partial charge in [-0.15, -0.1) is 0 Å². The molecule has 0 unspecified atom stereocenters. The number of aryl methyl sites for hydroxylation is 1. The molecule has 0 saturated heterocycles. The first-order chi connectivity index (χ1) is 12.8. The molecule has 140 valence electrons. The molecule has 0 spiro atoms. The molecule has 1 heterocycles. The van der Waals surface area contributed by atoms with Crippen molar-refractivity contribution in [3.8, 4) is 0 Å². The Morgan fingerprint density at radius 2 is 1.67 bits per heavy atom. The van der Waals surface area contributed by atoms with E-state index >= 15 is 0 Å². The quantitative estimate of drug-likeness (QED) is 0.781. The first-order valence-electron chi connectivity index (χ1n) is 8.83. The SMILES string of the molecule is Cc1cc(Cl)ccc1NC(=O)[C@H](CC(C)C)N1C(=O)c2ccccc2C1=O. The average Bonchev–Trinajstić information content (AvgIpc) is 2.86. The molecule has 1 atom stereocenters. The lowest BCUT2D eigenvalue weighted by molar-refractivity contribution is -0.120. The largest absolute Gasteiger partial charge is 0.324 e. The highest BCUT2D eigenvalue weighted by atomic mass is 35.5. The average molecular weight is 385 g/mol. The van der Waals surface area contributed by atoms with Gasteiger partial charge >= 0.3 is 0 Å². The van der Waals surface area contributed by atoms with Crippen LogP contribution in [0.25, 0.3) is 0 Å². The van der Waals surface area contributed by atoms with Gasteiger partial charge in [0.1, 0.15) is 6.04 Å². The zero-order valence-corrected chi connectivity index (χ0v) is 16.2. The lowest BCUT2D eigenvalue weighted by Crippen LogP contribution is -2.48. The fourth-order valence-corrected chi connectivity index (χ4v) is 3.48. The number of carbonyl (C=O) groups is 3. The van der Waals surface area contributed by atoms with Gasteiger partial charge in [-0.3, -0.25) is 19.3 Å². The number of nitrogens with one attached hydrogen (secondary N) is 1. The number of benzene rings is 2. The second kappa shape index (κ2) is 7.53. The summed E-state index contributed by atoms with van der Waals surface area (Å²) in [5, 5.41) is 3.42. The zero-order valence-electron chi connectivity index (χ0n) is 15.5. The highest BCUT2D eigenvalue weighted by Gasteiger charge is 2.42. The first-order valence-corrected chi connectivity index (χ1v) is 9.21. The summed E-state index contributed by atoms with van der Waals surface area (Å²) in [5.41, 5.74) is 2.09. The van der Waals surface area contributed by atoms with E-state index in [-0.39, 0.29) is 11.8 Å². The van der Waals surface area contributed by atoms with Crippen molar-refractivity contribution in [3.63, 3.8) is 0 Å². The van der Waals surface area contributed by atoms with Crippen molar-refractivity contribution in [2.75, 3.05) is 5.32 Å². The Morgan fingerprint density at radius 3 is 2.19 bits per heavy atom. The molecule has 1 aliphatic rings.